The number of para-hydroxylation sites is 1. The van der Waals surface area contributed by atoms with Crippen LogP contribution in [0.1, 0.15) is 36.6 Å². The number of aromatic nitrogens is 2. The molecule has 12 heteroatoms. The Hall–Kier alpha value is -4.32. The van der Waals surface area contributed by atoms with Crippen LogP contribution in [0.4, 0.5) is 24.5 Å². The van der Waals surface area contributed by atoms with Gasteiger partial charge in [0.05, 0.1) is 35.4 Å². The lowest BCUT2D eigenvalue weighted by Gasteiger charge is -2.20. The number of alkyl halides is 3. The van der Waals surface area contributed by atoms with Gasteiger partial charge in [0, 0.05) is 18.1 Å². The predicted octanol–water partition coefficient (Wildman–Crippen LogP) is 6.68. The Morgan fingerprint density at radius 3 is 2.61 bits per heavy atom. The molecule has 0 unspecified atom stereocenters. The van der Waals surface area contributed by atoms with Gasteiger partial charge < -0.3 is 10.1 Å². The highest BCUT2D eigenvalue weighted by atomic mass is 32.2. The lowest BCUT2D eigenvalue weighted by molar-refractivity contribution is -0.274. The third-order valence-electron chi connectivity index (χ3n) is 6.42. The number of anilines is 2. The second-order valence-corrected chi connectivity index (χ2v) is 10.6. The molecule has 0 atom stereocenters. The number of amidine groups is 1. The monoisotopic (exact) mass is 580 g/mol. The molecule has 1 aliphatic heterocycles. The molecule has 8 nitrogen and oxygen atoms in total. The topological polar surface area (TPSA) is 84.1 Å². The lowest BCUT2D eigenvalue weighted by atomic mass is 10.0. The molecule has 4 aromatic rings. The van der Waals surface area contributed by atoms with Crippen molar-refractivity contribution >= 4 is 51.3 Å². The maximum absolute atomic E-state index is 12.7. The number of halogens is 3. The van der Waals surface area contributed by atoms with Gasteiger partial charge in [0.2, 0.25) is 5.91 Å². The Kier molecular flexibility index (Phi) is 8.02. The Bertz CT molecular complexity index is 1630. The van der Waals surface area contributed by atoms with Gasteiger partial charge in [-0.15, -0.1) is 18.3 Å². The van der Waals surface area contributed by atoms with Crippen molar-refractivity contribution in [1.29, 1.82) is 0 Å². The zero-order chi connectivity index (χ0) is 29.1. The Morgan fingerprint density at radius 2 is 1.88 bits per heavy atom. The zero-order valence-corrected chi connectivity index (χ0v) is 23.3. The molecule has 0 aliphatic carbocycles. The molecule has 1 saturated heterocycles. The van der Waals surface area contributed by atoms with Crippen LogP contribution in [-0.4, -0.2) is 39.2 Å². The normalized spacial score (nSPS) is 15.1. The Morgan fingerprint density at radius 1 is 1.12 bits per heavy atom. The molecule has 5 rings (SSSR count). The van der Waals surface area contributed by atoms with Crippen molar-refractivity contribution in [2.24, 2.45) is 17.3 Å². The number of nitrogens with one attached hydrogen (secondary N) is 1. The number of hydrogen-bond acceptors (Lipinski definition) is 7. The summed E-state index contributed by atoms with van der Waals surface area (Å²) in [5, 5.41) is 17.9. The highest BCUT2D eigenvalue weighted by molar-refractivity contribution is 8.15. The van der Waals surface area contributed by atoms with Gasteiger partial charge in [-0.2, -0.15) is 10.2 Å². The maximum Gasteiger partial charge on any atom is 0.573 e. The Balaban J connectivity index is 1.30. The van der Waals surface area contributed by atoms with Crippen molar-refractivity contribution in [3.05, 3.63) is 83.6 Å². The second kappa shape index (κ2) is 11.7. The number of benzene rings is 3. The second-order valence-electron chi connectivity index (χ2n) is 9.63. The minimum atomic E-state index is -4.73. The molecule has 212 valence electrons. The van der Waals surface area contributed by atoms with Crippen LogP contribution in [0.3, 0.4) is 0 Å². The maximum atomic E-state index is 12.7. The molecule has 1 amide bonds. The molecule has 0 bridgehead atoms. The van der Waals surface area contributed by atoms with Crippen molar-refractivity contribution in [3.8, 4) is 5.75 Å². The summed E-state index contributed by atoms with van der Waals surface area (Å²) in [5.41, 5.74) is 5.00. The standard InChI is InChI=1S/C29H27F3N6O2S/c1-18(2)22-6-4-5-7-25(22)38-27(39)17-41-28(38)35-34-15-19-8-13-23-24(36-37(3)26(23)14-19)16-33-20-9-11-21(12-10-20)40-29(30,31)32/h4-15,18,33H,16-17H2,1-3H3/b34-15+,35-28-. The fourth-order valence-corrected chi connectivity index (χ4v) is 5.33. The molecular weight excluding hydrogens is 553 g/mol. The minimum absolute atomic E-state index is 0.0277. The molecule has 1 N–H and O–H groups in total. The summed E-state index contributed by atoms with van der Waals surface area (Å²) >= 11 is 1.36. The average Bonchev–Trinajstić information content (AvgIpc) is 3.45. The van der Waals surface area contributed by atoms with Crippen LogP contribution in [0.25, 0.3) is 10.9 Å². The van der Waals surface area contributed by atoms with Gasteiger partial charge in [0.15, 0.2) is 5.17 Å². The summed E-state index contributed by atoms with van der Waals surface area (Å²) in [7, 11) is 1.83. The van der Waals surface area contributed by atoms with Crippen LogP contribution in [0.5, 0.6) is 5.75 Å². The molecule has 1 fully saturated rings. The molecule has 3 aromatic carbocycles. The molecular formula is C29H27F3N6O2S. The zero-order valence-electron chi connectivity index (χ0n) is 22.5. The number of rotatable bonds is 8. The summed E-state index contributed by atoms with van der Waals surface area (Å²) in [6, 6.07) is 19.1. The number of amides is 1. The van der Waals surface area contributed by atoms with E-state index in [-0.39, 0.29) is 17.6 Å². The Labute approximate surface area is 238 Å². The van der Waals surface area contributed by atoms with E-state index in [1.807, 2.05) is 49.5 Å². The SMILES string of the molecule is CC(C)c1ccccc1N1C(=O)CS/C1=N\N=C\c1ccc2c(CNc3ccc(OC(F)(F)F)cc3)nn(C)c2c1. The summed E-state index contributed by atoms with van der Waals surface area (Å²) in [4.78, 5) is 14.3. The molecule has 2 heterocycles. The van der Waals surface area contributed by atoms with Gasteiger partial charge in [0.1, 0.15) is 5.75 Å². The first-order valence-corrected chi connectivity index (χ1v) is 13.8. The highest BCUT2D eigenvalue weighted by Gasteiger charge is 2.32. The van der Waals surface area contributed by atoms with Gasteiger partial charge in [0.25, 0.3) is 0 Å². The number of aryl methyl sites for hydroxylation is 1. The fourth-order valence-electron chi connectivity index (χ4n) is 4.52. The van der Waals surface area contributed by atoms with Crippen LogP contribution < -0.4 is 15.0 Å². The van der Waals surface area contributed by atoms with E-state index in [9.17, 15) is 18.0 Å². The van der Waals surface area contributed by atoms with Crippen LogP contribution in [0, 0.1) is 0 Å². The van der Waals surface area contributed by atoms with Crippen LogP contribution in [-0.2, 0) is 18.4 Å². The molecule has 41 heavy (non-hydrogen) atoms. The first-order chi connectivity index (χ1) is 19.6. The summed E-state index contributed by atoms with van der Waals surface area (Å²) in [6.07, 6.45) is -3.09. The number of thioether (sulfide) groups is 1. The van der Waals surface area contributed by atoms with Gasteiger partial charge in [-0.3, -0.25) is 14.4 Å². The molecule has 1 aromatic heterocycles. The molecule has 0 radical (unpaired) electrons. The fraction of sp³-hybridized carbons (Fsp3) is 0.241. The minimum Gasteiger partial charge on any atom is -0.406 e. The number of ether oxygens (including phenoxy) is 1. The smallest absolute Gasteiger partial charge is 0.406 e. The van der Waals surface area contributed by atoms with Gasteiger partial charge in [-0.1, -0.05) is 55.9 Å². The average molecular weight is 581 g/mol. The van der Waals surface area contributed by atoms with Crippen LogP contribution in [0.2, 0.25) is 0 Å². The van der Waals surface area contributed by atoms with E-state index in [2.05, 4.69) is 39.2 Å². The van der Waals surface area contributed by atoms with E-state index in [0.29, 0.717) is 23.2 Å². The number of carbonyl (C=O) groups is 1. The summed E-state index contributed by atoms with van der Waals surface area (Å²) in [5.74, 6) is 0.250. The van der Waals surface area contributed by atoms with E-state index in [1.54, 1.807) is 15.8 Å². The van der Waals surface area contributed by atoms with E-state index in [0.717, 1.165) is 33.4 Å². The van der Waals surface area contributed by atoms with Crippen molar-refractivity contribution in [1.82, 2.24) is 9.78 Å². The van der Waals surface area contributed by atoms with E-state index in [4.69, 9.17) is 0 Å². The first kappa shape index (κ1) is 28.2. The third-order valence-corrected chi connectivity index (χ3v) is 7.33. The van der Waals surface area contributed by atoms with Crippen LogP contribution in [0.15, 0.2) is 76.9 Å². The largest absolute Gasteiger partial charge is 0.573 e. The molecule has 1 aliphatic rings. The third kappa shape index (κ3) is 6.54. The number of fused-ring (bicyclic) bond motifs is 1. The lowest BCUT2D eigenvalue weighted by Crippen LogP contribution is -2.30. The number of carbonyl (C=O) groups excluding carboxylic acids is 1. The molecule has 0 saturated carbocycles. The van der Waals surface area contributed by atoms with Crippen molar-refractivity contribution < 1.29 is 22.7 Å². The van der Waals surface area contributed by atoms with E-state index < -0.39 is 6.36 Å². The summed E-state index contributed by atoms with van der Waals surface area (Å²) in [6.45, 7) is 4.55. The quantitative estimate of drug-likeness (QED) is 0.186. The highest BCUT2D eigenvalue weighted by Crippen LogP contribution is 2.33. The van der Waals surface area contributed by atoms with E-state index in [1.165, 1.54) is 36.0 Å². The summed E-state index contributed by atoms with van der Waals surface area (Å²) < 4.78 is 42.8. The van der Waals surface area contributed by atoms with Crippen molar-refractivity contribution in [3.63, 3.8) is 0 Å². The van der Waals surface area contributed by atoms with E-state index >= 15 is 0 Å². The first-order valence-electron chi connectivity index (χ1n) is 12.8. The van der Waals surface area contributed by atoms with Gasteiger partial charge in [-0.05, 0) is 53.4 Å². The van der Waals surface area contributed by atoms with Gasteiger partial charge >= 0.3 is 6.36 Å². The van der Waals surface area contributed by atoms with Gasteiger partial charge in [-0.25, -0.2) is 0 Å². The van der Waals surface area contributed by atoms with Crippen molar-refractivity contribution in [2.75, 3.05) is 16.0 Å². The van der Waals surface area contributed by atoms with Crippen molar-refractivity contribution in [2.45, 2.75) is 32.7 Å². The molecule has 0 spiro atoms. The number of nitrogens with zero attached hydrogens (tertiary/aromatic N) is 5. The number of hydrogen-bond donors (Lipinski definition) is 1. The predicted molar refractivity (Wildman–Crippen MR) is 157 cm³/mol. The van der Waals surface area contributed by atoms with Crippen LogP contribution >= 0.6 is 11.8 Å².